The number of benzene rings is 1. The molecule has 1 aromatic rings. The zero-order chi connectivity index (χ0) is 24.6. The lowest BCUT2D eigenvalue weighted by Crippen LogP contribution is -2.57. The third-order valence-corrected chi connectivity index (χ3v) is 11.3. The van der Waals surface area contributed by atoms with Crippen molar-refractivity contribution in [1.82, 2.24) is 4.90 Å². The number of urea groups is 1. The first kappa shape index (κ1) is 26.4. The van der Waals surface area contributed by atoms with E-state index in [1.807, 2.05) is 39.9 Å². The van der Waals surface area contributed by atoms with Crippen LogP contribution < -0.4 is 5.32 Å². The van der Waals surface area contributed by atoms with Crippen molar-refractivity contribution in [3.8, 4) is 6.07 Å². The van der Waals surface area contributed by atoms with Crippen LogP contribution in [-0.4, -0.2) is 55.3 Å². The van der Waals surface area contributed by atoms with Gasteiger partial charge in [-0.05, 0) is 49.2 Å². The third kappa shape index (κ3) is 5.39. The third-order valence-electron chi connectivity index (χ3n) is 6.32. The quantitative estimate of drug-likeness (QED) is 0.549. The number of carbonyl (C=O) groups excluding carboxylic acids is 1. The van der Waals surface area contributed by atoms with Crippen LogP contribution in [0.2, 0.25) is 23.2 Å². The second-order valence-electron chi connectivity index (χ2n) is 9.52. The Morgan fingerprint density at radius 3 is 2.47 bits per heavy atom. The van der Waals surface area contributed by atoms with E-state index in [9.17, 15) is 23.1 Å². The summed E-state index contributed by atoms with van der Waals surface area (Å²) < 4.78 is 46.7. The van der Waals surface area contributed by atoms with Crippen molar-refractivity contribution < 1.29 is 27.5 Å². The van der Waals surface area contributed by atoms with Gasteiger partial charge < -0.3 is 19.7 Å². The first-order valence-electron chi connectivity index (χ1n) is 10.2. The molecule has 6 nitrogen and oxygen atoms in total. The van der Waals surface area contributed by atoms with Crippen molar-refractivity contribution in [3.05, 3.63) is 28.3 Å². The van der Waals surface area contributed by atoms with Crippen LogP contribution in [0.4, 0.5) is 23.7 Å². The van der Waals surface area contributed by atoms with E-state index in [0.29, 0.717) is 5.56 Å². The molecule has 1 heterocycles. The van der Waals surface area contributed by atoms with Gasteiger partial charge in [-0.1, -0.05) is 32.4 Å². The molecule has 1 aliphatic heterocycles. The Morgan fingerprint density at radius 1 is 1.38 bits per heavy atom. The molecular formula is C21H29ClF3N3O3Si. The van der Waals surface area contributed by atoms with Gasteiger partial charge in [0.05, 0.1) is 22.7 Å². The molecule has 1 saturated heterocycles. The van der Waals surface area contributed by atoms with Gasteiger partial charge in [0.15, 0.2) is 14.4 Å². The summed E-state index contributed by atoms with van der Waals surface area (Å²) in [5, 5.41) is 21.7. The summed E-state index contributed by atoms with van der Waals surface area (Å²) in [5.74, 6) is 0. The summed E-state index contributed by atoms with van der Waals surface area (Å²) in [5.41, 5.74) is 0.907. The monoisotopic (exact) mass is 491 g/mol. The minimum atomic E-state index is -4.92. The van der Waals surface area contributed by atoms with Crippen molar-refractivity contribution in [2.45, 2.75) is 76.7 Å². The summed E-state index contributed by atoms with van der Waals surface area (Å²) in [7, 11) is -2.47. The van der Waals surface area contributed by atoms with Crippen LogP contribution in [0.25, 0.3) is 0 Å². The van der Waals surface area contributed by atoms with Crippen LogP contribution in [0.5, 0.6) is 0 Å². The maximum absolute atomic E-state index is 13.5. The van der Waals surface area contributed by atoms with Crippen molar-refractivity contribution in [1.29, 1.82) is 5.26 Å². The molecule has 0 aliphatic carbocycles. The van der Waals surface area contributed by atoms with Crippen LogP contribution in [0.15, 0.2) is 12.1 Å². The van der Waals surface area contributed by atoms with Gasteiger partial charge in [-0.3, -0.25) is 0 Å². The van der Waals surface area contributed by atoms with E-state index in [4.69, 9.17) is 21.3 Å². The Kier molecular flexibility index (Phi) is 7.61. The Labute approximate surface area is 192 Å². The predicted molar refractivity (Wildman–Crippen MR) is 119 cm³/mol. The van der Waals surface area contributed by atoms with Gasteiger partial charge in [0, 0.05) is 12.2 Å². The van der Waals surface area contributed by atoms with Crippen molar-refractivity contribution in [2.24, 2.45) is 0 Å². The molecule has 1 aromatic carbocycles. The number of rotatable bonds is 4. The molecule has 11 heteroatoms. The van der Waals surface area contributed by atoms with E-state index in [2.05, 4.69) is 5.32 Å². The highest BCUT2D eigenvalue weighted by Gasteiger charge is 2.54. The predicted octanol–water partition coefficient (Wildman–Crippen LogP) is 5.44. The second-order valence-corrected chi connectivity index (χ2v) is 14.7. The van der Waals surface area contributed by atoms with Gasteiger partial charge in [-0.15, -0.1) is 0 Å². The van der Waals surface area contributed by atoms with Gasteiger partial charge in [-0.25, -0.2) is 4.79 Å². The molecule has 2 amide bonds. The molecule has 0 saturated carbocycles. The molecule has 32 heavy (non-hydrogen) atoms. The number of anilines is 1. The first-order chi connectivity index (χ1) is 14.5. The Hall–Kier alpha value is -1.80. The highest BCUT2D eigenvalue weighted by Crippen LogP contribution is 2.41. The number of nitriles is 1. The summed E-state index contributed by atoms with van der Waals surface area (Å²) in [6, 6.07) is 2.42. The van der Waals surface area contributed by atoms with Gasteiger partial charge in [-0.2, -0.15) is 18.4 Å². The zero-order valence-electron chi connectivity index (χ0n) is 19.0. The van der Waals surface area contributed by atoms with E-state index in [1.165, 1.54) is 12.1 Å². The molecule has 2 N–H and O–H groups in total. The molecule has 0 radical (unpaired) electrons. The van der Waals surface area contributed by atoms with E-state index < -0.39 is 38.8 Å². The number of aliphatic hydroxyl groups excluding tert-OH is 1. The number of likely N-dealkylation sites (tertiary alicyclic amines) is 1. The van der Waals surface area contributed by atoms with Crippen LogP contribution >= 0.6 is 11.6 Å². The number of alkyl halides is 3. The number of amides is 2. The van der Waals surface area contributed by atoms with Crippen LogP contribution in [0, 0.1) is 18.3 Å². The summed E-state index contributed by atoms with van der Waals surface area (Å²) in [6.07, 6.45) is -8.46. The Balaban J connectivity index is 2.34. The molecule has 0 bridgehead atoms. The highest BCUT2D eigenvalue weighted by atomic mass is 35.5. The number of hydrogen-bond acceptors (Lipinski definition) is 4. The first-order valence-corrected chi connectivity index (χ1v) is 13.5. The van der Waals surface area contributed by atoms with Crippen molar-refractivity contribution in [2.75, 3.05) is 11.9 Å². The molecular weight excluding hydrogens is 463 g/mol. The molecule has 2 rings (SSSR count). The number of nitrogens with zero attached hydrogens (tertiary/aromatic N) is 2. The normalized spacial score (nSPS) is 20.8. The topological polar surface area (TPSA) is 85.6 Å². The average Bonchev–Trinajstić information content (AvgIpc) is 3.06. The molecule has 178 valence electrons. The fraction of sp³-hybridized carbons (Fsp3) is 0.619. The lowest BCUT2D eigenvalue weighted by molar-refractivity contribution is -0.222. The smallest absolute Gasteiger partial charge is 0.412 e. The lowest BCUT2D eigenvalue weighted by atomic mass is 10.1. The Bertz CT molecular complexity index is 913. The summed E-state index contributed by atoms with van der Waals surface area (Å²) in [6.45, 7) is 11.3. The van der Waals surface area contributed by atoms with Gasteiger partial charge in [0.2, 0.25) is 0 Å². The van der Waals surface area contributed by atoms with Gasteiger partial charge in [0.1, 0.15) is 6.07 Å². The number of halogens is 4. The molecule has 0 spiro atoms. The van der Waals surface area contributed by atoms with E-state index >= 15 is 0 Å². The summed E-state index contributed by atoms with van der Waals surface area (Å²) >= 11 is 6.13. The minimum Gasteiger partial charge on any atom is -0.412 e. The highest BCUT2D eigenvalue weighted by molar-refractivity contribution is 6.74. The largest absolute Gasteiger partial charge is 0.416 e. The zero-order valence-corrected chi connectivity index (χ0v) is 20.7. The van der Waals surface area contributed by atoms with Crippen LogP contribution in [-0.2, 0) is 4.43 Å². The molecule has 1 fully saturated rings. The standard InChI is InChI=1S/C21H29ClF3N3O3Si/c1-12-14(8-7-13(11-26)16(12)22)27-19(30)28-10-9-15(17(28)18(29)21(23,24)25)31-32(5,6)20(2,3)4/h7-8,15,17-18,29H,9-10H2,1-6H3,(H,27,30)/t15-,17-,18+/m0/s1. The molecule has 1 aliphatic rings. The Morgan fingerprint density at radius 2 is 1.97 bits per heavy atom. The number of aliphatic hydroxyl groups is 1. The molecule has 0 unspecified atom stereocenters. The van der Waals surface area contributed by atoms with E-state index in [-0.39, 0.29) is 34.3 Å². The number of carbonyl (C=O) groups is 1. The number of hydrogen-bond donors (Lipinski definition) is 2. The van der Waals surface area contributed by atoms with E-state index in [0.717, 1.165) is 4.90 Å². The van der Waals surface area contributed by atoms with Gasteiger partial charge >= 0.3 is 12.2 Å². The number of nitrogens with one attached hydrogen (secondary N) is 1. The fourth-order valence-electron chi connectivity index (χ4n) is 3.37. The molecule has 3 atom stereocenters. The van der Waals surface area contributed by atoms with Crippen LogP contribution in [0.3, 0.4) is 0 Å². The van der Waals surface area contributed by atoms with Crippen molar-refractivity contribution >= 4 is 31.6 Å². The maximum Gasteiger partial charge on any atom is 0.416 e. The lowest BCUT2D eigenvalue weighted by Gasteiger charge is -2.41. The molecule has 0 aromatic heterocycles. The second kappa shape index (κ2) is 9.21. The average molecular weight is 492 g/mol. The minimum absolute atomic E-state index is 0.00795. The van der Waals surface area contributed by atoms with E-state index in [1.54, 1.807) is 6.92 Å². The fourth-order valence-corrected chi connectivity index (χ4v) is 4.94. The van der Waals surface area contributed by atoms with Crippen LogP contribution in [0.1, 0.15) is 38.3 Å². The SMILES string of the molecule is Cc1c(NC(=O)N2CC[C@H](O[Si](C)(C)C(C)(C)C)[C@H]2[C@@H](O)C(F)(F)F)ccc(C#N)c1Cl. The van der Waals surface area contributed by atoms with Gasteiger partial charge in [0.25, 0.3) is 0 Å². The summed E-state index contributed by atoms with van der Waals surface area (Å²) in [4.78, 5) is 13.9. The maximum atomic E-state index is 13.5. The van der Waals surface area contributed by atoms with Crippen molar-refractivity contribution in [3.63, 3.8) is 0 Å².